The van der Waals surface area contributed by atoms with E-state index in [1.165, 1.54) is 12.1 Å². The van der Waals surface area contributed by atoms with E-state index in [-0.39, 0.29) is 24.3 Å². The highest BCUT2D eigenvalue weighted by atomic mass is 32.2. The van der Waals surface area contributed by atoms with Crippen LogP contribution < -0.4 is 9.47 Å². The fraction of sp³-hybridized carbons (Fsp3) is 0.211. The summed E-state index contributed by atoms with van der Waals surface area (Å²) in [5.74, 6) is 1.39. The lowest BCUT2D eigenvalue weighted by Crippen LogP contribution is -2.27. The van der Waals surface area contributed by atoms with Gasteiger partial charge in [0.1, 0.15) is 5.82 Å². The van der Waals surface area contributed by atoms with Crippen LogP contribution in [0.2, 0.25) is 0 Å². The molecule has 3 aromatic rings. The van der Waals surface area contributed by atoms with E-state index < -0.39 is 0 Å². The van der Waals surface area contributed by atoms with Crippen LogP contribution in [0.4, 0.5) is 4.39 Å². The molecule has 0 radical (unpaired) electrons. The average Bonchev–Trinajstić information content (AvgIpc) is 3.36. The van der Waals surface area contributed by atoms with Crippen LogP contribution in [0.25, 0.3) is 11.5 Å². The number of hydrogen-bond donors (Lipinski definition) is 0. The molecule has 1 amide bonds. The van der Waals surface area contributed by atoms with Crippen molar-refractivity contribution < 1.29 is 23.1 Å². The van der Waals surface area contributed by atoms with Crippen molar-refractivity contribution in [1.82, 2.24) is 15.1 Å². The second kappa shape index (κ2) is 7.89. The lowest BCUT2D eigenvalue weighted by Gasteiger charge is -2.16. The van der Waals surface area contributed by atoms with E-state index in [9.17, 15) is 9.18 Å². The van der Waals surface area contributed by atoms with Crippen molar-refractivity contribution in [3.8, 4) is 23.0 Å². The minimum absolute atomic E-state index is 0.0999. The van der Waals surface area contributed by atoms with Crippen LogP contribution in [0.3, 0.4) is 0 Å². The average molecular weight is 401 g/mol. The van der Waals surface area contributed by atoms with Crippen LogP contribution in [0.1, 0.15) is 5.56 Å². The number of halogens is 1. The number of nitrogens with zero attached hydrogens (tertiary/aromatic N) is 3. The molecule has 1 aliphatic rings. The second-order valence-electron chi connectivity index (χ2n) is 6.11. The molecule has 0 spiro atoms. The highest BCUT2D eigenvalue weighted by molar-refractivity contribution is 7.99. The maximum absolute atomic E-state index is 13.0. The van der Waals surface area contributed by atoms with Crippen LogP contribution in [0, 0.1) is 5.82 Å². The van der Waals surface area contributed by atoms with Crippen LogP contribution in [-0.4, -0.2) is 40.6 Å². The highest BCUT2D eigenvalue weighted by Gasteiger charge is 2.18. The van der Waals surface area contributed by atoms with Gasteiger partial charge in [-0.05, 0) is 35.9 Å². The number of ether oxygens (including phenoxy) is 2. The van der Waals surface area contributed by atoms with Crippen LogP contribution in [0.15, 0.2) is 52.1 Å². The summed E-state index contributed by atoms with van der Waals surface area (Å²) in [5, 5.41) is 8.29. The van der Waals surface area contributed by atoms with Crippen molar-refractivity contribution in [3.05, 3.63) is 53.8 Å². The van der Waals surface area contributed by atoms with Crippen LogP contribution in [0.5, 0.6) is 11.5 Å². The molecule has 7 nitrogen and oxygen atoms in total. The van der Waals surface area contributed by atoms with Gasteiger partial charge in [0.15, 0.2) is 11.5 Å². The van der Waals surface area contributed by atoms with Crippen molar-refractivity contribution in [1.29, 1.82) is 0 Å². The number of carbonyl (C=O) groups is 1. The predicted molar refractivity (Wildman–Crippen MR) is 99.5 cm³/mol. The van der Waals surface area contributed by atoms with E-state index in [0.29, 0.717) is 34.7 Å². The molecule has 9 heteroatoms. The molecule has 0 atom stereocenters. The van der Waals surface area contributed by atoms with Gasteiger partial charge < -0.3 is 18.8 Å². The van der Waals surface area contributed by atoms with Crippen molar-refractivity contribution in [2.45, 2.75) is 11.8 Å². The standard InChI is InChI=1S/C19H16FN3O4S/c1-23(9-12-2-5-14(20)6-3-12)17(24)10-28-19-22-21-18(27-19)13-4-7-15-16(8-13)26-11-25-15/h2-8H,9-11H2,1H3. The van der Waals surface area contributed by atoms with Gasteiger partial charge in [-0.25, -0.2) is 4.39 Å². The molecule has 2 heterocycles. The predicted octanol–water partition coefficient (Wildman–Crippen LogP) is 3.36. The maximum atomic E-state index is 13.0. The number of amides is 1. The first-order valence-corrected chi connectivity index (χ1v) is 9.42. The Hall–Kier alpha value is -3.07. The van der Waals surface area contributed by atoms with E-state index >= 15 is 0 Å². The highest BCUT2D eigenvalue weighted by Crippen LogP contribution is 2.36. The normalized spacial score (nSPS) is 12.2. The van der Waals surface area contributed by atoms with Crippen molar-refractivity contribution >= 4 is 17.7 Å². The quantitative estimate of drug-likeness (QED) is 0.586. The second-order valence-corrected chi connectivity index (χ2v) is 7.03. The SMILES string of the molecule is CN(Cc1ccc(F)cc1)C(=O)CSc1nnc(-c2ccc3c(c2)OCO3)o1. The summed E-state index contributed by atoms with van der Waals surface area (Å²) in [7, 11) is 1.69. The van der Waals surface area contributed by atoms with Gasteiger partial charge in [-0.3, -0.25) is 4.79 Å². The third-order valence-electron chi connectivity index (χ3n) is 4.10. The number of thioether (sulfide) groups is 1. The van der Waals surface area contributed by atoms with Gasteiger partial charge in [-0.1, -0.05) is 23.9 Å². The summed E-state index contributed by atoms with van der Waals surface area (Å²) in [6.45, 7) is 0.587. The Morgan fingerprint density at radius 2 is 1.93 bits per heavy atom. The summed E-state index contributed by atoms with van der Waals surface area (Å²) < 4.78 is 29.2. The molecule has 0 bridgehead atoms. The summed E-state index contributed by atoms with van der Waals surface area (Å²) in [4.78, 5) is 13.9. The van der Waals surface area contributed by atoms with E-state index in [1.807, 2.05) is 0 Å². The number of carbonyl (C=O) groups excluding carboxylic acids is 1. The lowest BCUT2D eigenvalue weighted by atomic mass is 10.2. The molecule has 0 saturated heterocycles. The van der Waals surface area contributed by atoms with Crippen LogP contribution >= 0.6 is 11.8 Å². The number of aromatic nitrogens is 2. The molecule has 0 unspecified atom stereocenters. The maximum Gasteiger partial charge on any atom is 0.277 e. The largest absolute Gasteiger partial charge is 0.454 e. The Balaban J connectivity index is 1.33. The van der Waals surface area contributed by atoms with Gasteiger partial charge in [0.25, 0.3) is 5.22 Å². The molecule has 28 heavy (non-hydrogen) atoms. The molecule has 1 aliphatic heterocycles. The van der Waals surface area contributed by atoms with E-state index in [0.717, 1.165) is 17.3 Å². The molecule has 0 aliphatic carbocycles. The van der Waals surface area contributed by atoms with Crippen molar-refractivity contribution in [3.63, 3.8) is 0 Å². The first-order chi connectivity index (χ1) is 13.6. The first-order valence-electron chi connectivity index (χ1n) is 8.43. The Morgan fingerprint density at radius 1 is 1.14 bits per heavy atom. The molecule has 1 aromatic heterocycles. The monoisotopic (exact) mass is 401 g/mol. The van der Waals surface area contributed by atoms with E-state index in [4.69, 9.17) is 13.9 Å². The van der Waals surface area contributed by atoms with Gasteiger partial charge in [-0.2, -0.15) is 0 Å². The van der Waals surface area contributed by atoms with Gasteiger partial charge in [-0.15, -0.1) is 10.2 Å². The Labute approximate surface area is 164 Å². The van der Waals surface area contributed by atoms with Gasteiger partial charge in [0.05, 0.1) is 5.75 Å². The zero-order chi connectivity index (χ0) is 19.5. The molecular weight excluding hydrogens is 385 g/mol. The number of benzene rings is 2. The molecule has 0 N–H and O–H groups in total. The molecule has 2 aromatic carbocycles. The van der Waals surface area contributed by atoms with Gasteiger partial charge in [0.2, 0.25) is 18.6 Å². The molecule has 0 saturated carbocycles. The first kappa shape index (κ1) is 18.3. The zero-order valence-electron chi connectivity index (χ0n) is 14.9. The van der Waals surface area contributed by atoms with E-state index in [2.05, 4.69) is 10.2 Å². The molecule has 4 rings (SSSR count). The van der Waals surface area contributed by atoms with Crippen molar-refractivity contribution in [2.24, 2.45) is 0 Å². The summed E-state index contributed by atoms with van der Waals surface area (Å²) >= 11 is 1.16. The summed E-state index contributed by atoms with van der Waals surface area (Å²) in [6.07, 6.45) is 0. The van der Waals surface area contributed by atoms with Crippen molar-refractivity contribution in [2.75, 3.05) is 19.6 Å². The van der Waals surface area contributed by atoms with E-state index in [1.54, 1.807) is 42.3 Å². The minimum atomic E-state index is -0.303. The lowest BCUT2D eigenvalue weighted by molar-refractivity contribution is -0.127. The topological polar surface area (TPSA) is 77.7 Å². The van der Waals surface area contributed by atoms with Crippen LogP contribution in [-0.2, 0) is 11.3 Å². The third-order valence-corrected chi connectivity index (χ3v) is 4.91. The third kappa shape index (κ3) is 4.09. The Kier molecular flexibility index (Phi) is 5.16. The summed E-state index contributed by atoms with van der Waals surface area (Å²) in [6, 6.07) is 11.4. The van der Waals surface area contributed by atoms with Gasteiger partial charge in [0, 0.05) is 19.2 Å². The molecule has 144 valence electrons. The molecular formula is C19H16FN3O4S. The number of hydrogen-bond acceptors (Lipinski definition) is 7. The number of fused-ring (bicyclic) bond motifs is 1. The minimum Gasteiger partial charge on any atom is -0.454 e. The Bertz CT molecular complexity index is 993. The fourth-order valence-electron chi connectivity index (χ4n) is 2.60. The van der Waals surface area contributed by atoms with Gasteiger partial charge >= 0.3 is 0 Å². The number of rotatable bonds is 6. The molecule has 0 fully saturated rings. The smallest absolute Gasteiger partial charge is 0.277 e. The fourth-order valence-corrected chi connectivity index (χ4v) is 3.30. The summed E-state index contributed by atoms with van der Waals surface area (Å²) in [5.41, 5.74) is 1.56. The zero-order valence-corrected chi connectivity index (χ0v) is 15.7. The Morgan fingerprint density at radius 3 is 2.75 bits per heavy atom.